The summed E-state index contributed by atoms with van der Waals surface area (Å²) >= 11 is 17.3. The van der Waals surface area contributed by atoms with E-state index in [1.54, 1.807) is 0 Å². The van der Waals surface area contributed by atoms with Gasteiger partial charge in [-0.3, -0.25) is 4.79 Å². The normalized spacial score (nSPS) is 12.2. The first-order valence-corrected chi connectivity index (χ1v) is 7.61. The quantitative estimate of drug-likeness (QED) is 0.481. The van der Waals surface area contributed by atoms with E-state index < -0.39 is 17.7 Å². The minimum Gasteiger partial charge on any atom is -0.351 e. The highest BCUT2D eigenvalue weighted by Gasteiger charge is 2.35. The van der Waals surface area contributed by atoms with Crippen molar-refractivity contribution in [3.05, 3.63) is 74.9 Å². The molecule has 2 nitrogen and oxygen atoms in total. The van der Waals surface area contributed by atoms with Crippen LogP contribution >= 0.6 is 34.8 Å². The molecule has 0 saturated heterocycles. The lowest BCUT2D eigenvalue weighted by Gasteiger charge is -2.14. The number of alkyl halides is 3. The molecule has 24 heavy (non-hydrogen) atoms. The first-order valence-electron chi connectivity index (χ1n) is 6.47. The maximum absolute atomic E-state index is 13.2. The predicted molar refractivity (Wildman–Crippen MR) is 90.0 cm³/mol. The summed E-state index contributed by atoms with van der Waals surface area (Å²) in [5.74, 6) is -0.927. The number of carbonyl (C=O) groups is 1. The highest BCUT2D eigenvalue weighted by atomic mass is 35.5. The Hall–Kier alpha value is -1.69. The van der Waals surface area contributed by atoms with E-state index in [0.717, 1.165) is 0 Å². The van der Waals surface area contributed by atoms with Crippen molar-refractivity contribution in [3.63, 3.8) is 0 Å². The molecule has 8 heteroatoms. The Morgan fingerprint density at radius 2 is 1.67 bits per heavy atom. The van der Waals surface area contributed by atoms with Gasteiger partial charge in [0.25, 0.3) is 0 Å². The van der Waals surface area contributed by atoms with Crippen LogP contribution in [0.4, 0.5) is 18.9 Å². The van der Waals surface area contributed by atoms with Crippen LogP contribution < -0.4 is 5.32 Å². The molecular formula is C16H9Cl3F3NO. The van der Waals surface area contributed by atoms with Gasteiger partial charge in [-0.25, -0.2) is 0 Å². The van der Waals surface area contributed by atoms with Gasteiger partial charge in [0.2, 0.25) is 0 Å². The molecule has 0 aromatic heterocycles. The molecule has 0 unspecified atom stereocenters. The second kappa shape index (κ2) is 7.47. The number of hydrogen-bond donors (Lipinski definition) is 1. The van der Waals surface area contributed by atoms with Crippen molar-refractivity contribution in [1.82, 2.24) is 0 Å². The molecule has 2 aromatic carbocycles. The monoisotopic (exact) mass is 393 g/mol. The number of carbonyl (C=O) groups excluding carboxylic acids is 1. The number of anilines is 1. The number of ketones is 1. The molecule has 1 N–H and O–H groups in total. The average Bonchev–Trinajstić information content (AvgIpc) is 2.48. The number of allylic oxidation sites excluding steroid dienone is 2. The molecule has 2 aromatic rings. The summed E-state index contributed by atoms with van der Waals surface area (Å²) in [6, 6.07) is 9.66. The minimum absolute atomic E-state index is 0.00456. The molecule has 0 heterocycles. The summed E-state index contributed by atoms with van der Waals surface area (Å²) in [6.45, 7) is 0. The van der Waals surface area contributed by atoms with E-state index in [1.807, 2.05) is 0 Å². The van der Waals surface area contributed by atoms with E-state index in [9.17, 15) is 18.0 Å². The summed E-state index contributed by atoms with van der Waals surface area (Å²) in [5.41, 5.74) is -1.28. The van der Waals surface area contributed by atoms with Crippen molar-refractivity contribution in [3.8, 4) is 0 Å². The number of hydrogen-bond acceptors (Lipinski definition) is 2. The topological polar surface area (TPSA) is 29.1 Å². The van der Waals surface area contributed by atoms with E-state index in [-0.39, 0.29) is 26.3 Å². The molecule has 0 bridgehead atoms. The van der Waals surface area contributed by atoms with Crippen molar-refractivity contribution >= 4 is 46.3 Å². The van der Waals surface area contributed by atoms with E-state index >= 15 is 0 Å². The van der Waals surface area contributed by atoms with E-state index in [4.69, 9.17) is 34.8 Å². The smallest absolute Gasteiger partial charge is 0.351 e. The van der Waals surface area contributed by atoms with Crippen LogP contribution in [0.3, 0.4) is 0 Å². The van der Waals surface area contributed by atoms with E-state index in [1.165, 1.54) is 42.5 Å². The molecular weight excluding hydrogens is 386 g/mol. The average molecular weight is 395 g/mol. The Balaban J connectivity index is 2.39. The van der Waals surface area contributed by atoms with Gasteiger partial charge in [-0.05, 0) is 36.4 Å². The van der Waals surface area contributed by atoms with Gasteiger partial charge in [0.05, 0.1) is 5.02 Å². The van der Waals surface area contributed by atoms with Crippen LogP contribution in [0, 0.1) is 0 Å². The Morgan fingerprint density at radius 3 is 2.29 bits per heavy atom. The standard InChI is InChI=1S/C16H9Cl3F3NO/c17-9-2-1-3-11(6-9)23-15(16(20,21)22)8-14(24)12-7-10(18)4-5-13(12)19/h1-8,23H/b15-8-. The lowest BCUT2D eigenvalue weighted by molar-refractivity contribution is -0.0903. The third-order valence-corrected chi connectivity index (χ3v) is 3.68. The number of rotatable bonds is 4. The minimum atomic E-state index is -4.77. The van der Waals surface area contributed by atoms with Crippen LogP contribution in [0.1, 0.15) is 10.4 Å². The van der Waals surface area contributed by atoms with Crippen molar-refractivity contribution in [2.75, 3.05) is 5.32 Å². The van der Waals surface area contributed by atoms with Gasteiger partial charge < -0.3 is 5.32 Å². The van der Waals surface area contributed by atoms with Gasteiger partial charge in [0.15, 0.2) is 5.78 Å². The van der Waals surface area contributed by atoms with E-state index in [2.05, 4.69) is 5.32 Å². The maximum atomic E-state index is 13.2. The van der Waals surface area contributed by atoms with Crippen LogP contribution in [-0.4, -0.2) is 12.0 Å². The van der Waals surface area contributed by atoms with Crippen molar-refractivity contribution in [1.29, 1.82) is 0 Å². The molecule has 0 aliphatic rings. The SMILES string of the molecule is O=C(/C=C(\Nc1cccc(Cl)c1)C(F)(F)F)c1cc(Cl)ccc1Cl. The van der Waals surface area contributed by atoms with Crippen LogP contribution in [0.15, 0.2) is 54.2 Å². The fourth-order valence-corrected chi connectivity index (χ4v) is 2.38. The number of benzene rings is 2. The predicted octanol–water partition coefficient (Wildman–Crippen LogP) is 6.39. The van der Waals surface area contributed by atoms with Gasteiger partial charge in [-0.1, -0.05) is 40.9 Å². The van der Waals surface area contributed by atoms with Crippen molar-refractivity contribution < 1.29 is 18.0 Å². The lowest BCUT2D eigenvalue weighted by atomic mass is 10.1. The zero-order valence-corrected chi connectivity index (χ0v) is 14.1. The first kappa shape index (κ1) is 18.6. The summed E-state index contributed by atoms with van der Waals surface area (Å²) < 4.78 is 39.6. The third-order valence-electron chi connectivity index (χ3n) is 2.88. The van der Waals surface area contributed by atoms with Crippen molar-refractivity contribution in [2.24, 2.45) is 0 Å². The Morgan fingerprint density at radius 1 is 1.00 bits per heavy atom. The summed E-state index contributed by atoms with van der Waals surface area (Å²) in [7, 11) is 0. The lowest BCUT2D eigenvalue weighted by Crippen LogP contribution is -2.20. The molecule has 126 valence electrons. The second-order valence-corrected chi connectivity index (χ2v) is 5.96. The number of nitrogens with one attached hydrogen (secondary N) is 1. The fraction of sp³-hybridized carbons (Fsp3) is 0.0625. The maximum Gasteiger partial charge on any atom is 0.431 e. The molecule has 0 fully saturated rings. The number of halogens is 6. The fourth-order valence-electron chi connectivity index (χ4n) is 1.81. The van der Waals surface area contributed by atoms with Crippen LogP contribution in [0.2, 0.25) is 15.1 Å². The molecule has 0 radical (unpaired) electrons. The zero-order chi connectivity index (χ0) is 17.9. The highest BCUT2D eigenvalue weighted by molar-refractivity contribution is 6.36. The Bertz CT molecular complexity index is 803. The molecule has 0 saturated carbocycles. The van der Waals surface area contributed by atoms with Gasteiger partial charge >= 0.3 is 6.18 Å². The Kier molecular flexibility index (Phi) is 5.80. The molecule has 0 aliphatic heterocycles. The molecule has 0 spiro atoms. The third kappa shape index (κ3) is 4.90. The first-order chi connectivity index (χ1) is 11.2. The largest absolute Gasteiger partial charge is 0.431 e. The van der Waals surface area contributed by atoms with Gasteiger partial charge in [0.1, 0.15) is 5.70 Å². The zero-order valence-electron chi connectivity index (χ0n) is 11.8. The highest BCUT2D eigenvalue weighted by Crippen LogP contribution is 2.29. The van der Waals surface area contributed by atoms with Crippen molar-refractivity contribution in [2.45, 2.75) is 6.18 Å². The summed E-state index contributed by atoms with van der Waals surface area (Å²) in [4.78, 5) is 12.1. The van der Waals surface area contributed by atoms with Crippen LogP contribution in [-0.2, 0) is 0 Å². The summed E-state index contributed by atoms with van der Waals surface area (Å²) in [6.07, 6.45) is -4.35. The molecule has 2 rings (SSSR count). The Labute approximate surface area is 150 Å². The van der Waals surface area contributed by atoms with Crippen LogP contribution in [0.25, 0.3) is 0 Å². The molecule has 0 aliphatic carbocycles. The molecule has 0 atom stereocenters. The van der Waals surface area contributed by atoms with Gasteiger partial charge in [-0.2, -0.15) is 13.2 Å². The van der Waals surface area contributed by atoms with Gasteiger partial charge in [0, 0.05) is 27.4 Å². The molecule has 0 amide bonds. The second-order valence-electron chi connectivity index (χ2n) is 4.68. The van der Waals surface area contributed by atoms with E-state index in [0.29, 0.717) is 6.08 Å². The van der Waals surface area contributed by atoms with Gasteiger partial charge in [-0.15, -0.1) is 0 Å². The van der Waals surface area contributed by atoms with Crippen LogP contribution in [0.5, 0.6) is 0 Å². The summed E-state index contributed by atoms with van der Waals surface area (Å²) in [5, 5.41) is 2.60.